The first-order chi connectivity index (χ1) is 7.65. The molecule has 1 atom stereocenters. The minimum absolute atomic E-state index is 0.0161. The molecule has 0 saturated heterocycles. The van der Waals surface area contributed by atoms with E-state index in [1.165, 1.54) is 0 Å². The highest BCUT2D eigenvalue weighted by atomic mass is 16.2. The third kappa shape index (κ3) is 1.62. The zero-order valence-electron chi connectivity index (χ0n) is 9.56. The van der Waals surface area contributed by atoms with Gasteiger partial charge in [0.15, 0.2) is 5.78 Å². The van der Waals surface area contributed by atoms with Gasteiger partial charge in [-0.05, 0) is 25.0 Å². The molecule has 3 heteroatoms. The Balaban J connectivity index is 2.31. The van der Waals surface area contributed by atoms with Gasteiger partial charge in [0.05, 0.1) is 6.04 Å². The molecule has 1 aromatic rings. The Bertz CT molecular complexity index is 439. The number of Topliss-reactive ketones (excluding diaryl/α,β-unsaturated/α-hetero) is 1. The van der Waals surface area contributed by atoms with Crippen LogP contribution >= 0.6 is 0 Å². The van der Waals surface area contributed by atoms with Gasteiger partial charge < -0.3 is 4.90 Å². The van der Waals surface area contributed by atoms with Crippen molar-refractivity contribution in [1.29, 1.82) is 0 Å². The summed E-state index contributed by atoms with van der Waals surface area (Å²) in [5, 5.41) is 0. The molecule has 0 spiro atoms. The normalized spacial score (nSPS) is 16.1. The summed E-state index contributed by atoms with van der Waals surface area (Å²) < 4.78 is 0. The highest BCUT2D eigenvalue weighted by molar-refractivity contribution is 6.01. The Hall–Kier alpha value is -1.64. The van der Waals surface area contributed by atoms with Gasteiger partial charge in [0.1, 0.15) is 0 Å². The monoisotopic (exact) mass is 217 g/mol. The van der Waals surface area contributed by atoms with E-state index < -0.39 is 0 Å². The molecule has 1 aliphatic rings. The van der Waals surface area contributed by atoms with Crippen LogP contribution < -0.4 is 0 Å². The first-order valence-electron chi connectivity index (χ1n) is 5.54. The molecule has 1 amide bonds. The second kappa shape index (κ2) is 4.08. The number of ketones is 1. The minimum Gasteiger partial charge on any atom is -0.324 e. The van der Waals surface area contributed by atoms with Crippen molar-refractivity contribution in [2.24, 2.45) is 0 Å². The van der Waals surface area contributed by atoms with Crippen molar-refractivity contribution < 1.29 is 9.59 Å². The van der Waals surface area contributed by atoms with Gasteiger partial charge in [-0.2, -0.15) is 0 Å². The highest BCUT2D eigenvalue weighted by Crippen LogP contribution is 2.25. The molecule has 1 heterocycles. The molecule has 16 heavy (non-hydrogen) atoms. The van der Waals surface area contributed by atoms with Crippen molar-refractivity contribution in [1.82, 2.24) is 4.90 Å². The van der Waals surface area contributed by atoms with Crippen LogP contribution in [0.25, 0.3) is 0 Å². The largest absolute Gasteiger partial charge is 0.324 e. The second-order valence-electron chi connectivity index (χ2n) is 4.12. The van der Waals surface area contributed by atoms with Gasteiger partial charge in [-0.3, -0.25) is 9.59 Å². The summed E-state index contributed by atoms with van der Waals surface area (Å²) in [7, 11) is 0. The van der Waals surface area contributed by atoms with E-state index in [9.17, 15) is 9.59 Å². The van der Waals surface area contributed by atoms with E-state index >= 15 is 0 Å². The fourth-order valence-electron chi connectivity index (χ4n) is 2.26. The van der Waals surface area contributed by atoms with Crippen molar-refractivity contribution in [2.75, 3.05) is 0 Å². The summed E-state index contributed by atoms with van der Waals surface area (Å²) in [4.78, 5) is 25.2. The van der Waals surface area contributed by atoms with Crippen LogP contribution in [0.2, 0.25) is 0 Å². The van der Waals surface area contributed by atoms with Crippen LogP contribution in [-0.2, 0) is 11.3 Å². The minimum atomic E-state index is -0.278. The first kappa shape index (κ1) is 10.9. The quantitative estimate of drug-likeness (QED) is 0.776. The maximum atomic E-state index is 12.1. The molecular formula is C13H15NO2. The van der Waals surface area contributed by atoms with Crippen molar-refractivity contribution in [2.45, 2.75) is 32.9 Å². The first-order valence-corrected chi connectivity index (χ1v) is 5.54. The molecule has 0 bridgehead atoms. The molecule has 0 aromatic heterocycles. The van der Waals surface area contributed by atoms with Gasteiger partial charge in [0, 0.05) is 12.1 Å². The van der Waals surface area contributed by atoms with E-state index in [2.05, 4.69) is 0 Å². The molecule has 0 radical (unpaired) electrons. The molecule has 2 rings (SSSR count). The summed E-state index contributed by atoms with van der Waals surface area (Å²) in [5.41, 5.74) is 1.76. The SMILES string of the molecule is CC[C@H](C(C)=O)N1Cc2ccccc2C1=O. The van der Waals surface area contributed by atoms with Crippen molar-refractivity contribution >= 4 is 11.7 Å². The Morgan fingerprint density at radius 3 is 2.69 bits per heavy atom. The van der Waals surface area contributed by atoms with Crippen molar-refractivity contribution in [3.63, 3.8) is 0 Å². The van der Waals surface area contributed by atoms with Gasteiger partial charge in [0.25, 0.3) is 5.91 Å². The fraction of sp³-hybridized carbons (Fsp3) is 0.385. The zero-order chi connectivity index (χ0) is 11.7. The number of rotatable bonds is 3. The number of hydrogen-bond acceptors (Lipinski definition) is 2. The van der Waals surface area contributed by atoms with E-state index in [-0.39, 0.29) is 17.7 Å². The number of carbonyl (C=O) groups excluding carboxylic acids is 2. The maximum absolute atomic E-state index is 12.1. The van der Waals surface area contributed by atoms with Gasteiger partial charge in [-0.25, -0.2) is 0 Å². The molecule has 0 saturated carbocycles. The summed E-state index contributed by atoms with van der Waals surface area (Å²) in [6.45, 7) is 4.04. The Kier molecular flexibility index (Phi) is 2.77. The maximum Gasteiger partial charge on any atom is 0.255 e. The molecule has 0 fully saturated rings. The lowest BCUT2D eigenvalue weighted by Crippen LogP contribution is -2.39. The van der Waals surface area contributed by atoms with E-state index in [0.29, 0.717) is 13.0 Å². The van der Waals surface area contributed by atoms with Crippen molar-refractivity contribution in [3.05, 3.63) is 35.4 Å². The van der Waals surface area contributed by atoms with Gasteiger partial charge >= 0.3 is 0 Å². The number of carbonyl (C=O) groups is 2. The van der Waals surface area contributed by atoms with E-state index in [1.54, 1.807) is 11.8 Å². The summed E-state index contributed by atoms with van der Waals surface area (Å²) in [6.07, 6.45) is 0.676. The lowest BCUT2D eigenvalue weighted by molar-refractivity contribution is -0.121. The predicted molar refractivity (Wildman–Crippen MR) is 61.1 cm³/mol. The molecular weight excluding hydrogens is 202 g/mol. The third-order valence-corrected chi connectivity index (χ3v) is 3.08. The van der Waals surface area contributed by atoms with E-state index in [0.717, 1.165) is 11.1 Å². The van der Waals surface area contributed by atoms with E-state index in [4.69, 9.17) is 0 Å². The van der Waals surface area contributed by atoms with Crippen molar-refractivity contribution in [3.8, 4) is 0 Å². The standard InChI is InChI=1S/C13H15NO2/c1-3-12(9(2)15)14-8-10-6-4-5-7-11(10)13(14)16/h4-7,12H,3,8H2,1-2H3/t12-/m1/s1. The molecule has 3 nitrogen and oxygen atoms in total. The van der Waals surface area contributed by atoms with Gasteiger partial charge in [0.2, 0.25) is 0 Å². The lowest BCUT2D eigenvalue weighted by Gasteiger charge is -2.24. The van der Waals surface area contributed by atoms with E-state index in [1.807, 2.05) is 31.2 Å². The smallest absolute Gasteiger partial charge is 0.255 e. The highest BCUT2D eigenvalue weighted by Gasteiger charge is 2.33. The fourth-order valence-corrected chi connectivity index (χ4v) is 2.26. The topological polar surface area (TPSA) is 37.4 Å². The number of benzene rings is 1. The zero-order valence-corrected chi connectivity index (χ0v) is 9.56. The number of fused-ring (bicyclic) bond motifs is 1. The number of nitrogens with zero attached hydrogens (tertiary/aromatic N) is 1. The van der Waals surface area contributed by atoms with Gasteiger partial charge in [-0.15, -0.1) is 0 Å². The Labute approximate surface area is 95.1 Å². The summed E-state index contributed by atoms with van der Waals surface area (Å²) >= 11 is 0. The van der Waals surface area contributed by atoms with Crippen LogP contribution in [0.5, 0.6) is 0 Å². The van der Waals surface area contributed by atoms with Crippen LogP contribution in [0.4, 0.5) is 0 Å². The molecule has 1 aliphatic heterocycles. The van der Waals surface area contributed by atoms with Gasteiger partial charge in [-0.1, -0.05) is 25.1 Å². The Morgan fingerprint density at radius 2 is 2.12 bits per heavy atom. The molecule has 0 N–H and O–H groups in total. The number of hydrogen-bond donors (Lipinski definition) is 0. The number of amides is 1. The molecule has 84 valence electrons. The third-order valence-electron chi connectivity index (χ3n) is 3.08. The van der Waals surface area contributed by atoms with Crippen LogP contribution in [0.15, 0.2) is 24.3 Å². The average Bonchev–Trinajstić information content (AvgIpc) is 2.58. The Morgan fingerprint density at radius 1 is 1.44 bits per heavy atom. The van der Waals surface area contributed by atoms with Crippen LogP contribution in [0.1, 0.15) is 36.2 Å². The van der Waals surface area contributed by atoms with Crippen LogP contribution in [0, 0.1) is 0 Å². The average molecular weight is 217 g/mol. The summed E-state index contributed by atoms with van der Waals surface area (Å²) in [5.74, 6) is 0.0429. The predicted octanol–water partition coefficient (Wildman–Crippen LogP) is 2.01. The van der Waals surface area contributed by atoms with Crippen LogP contribution in [0.3, 0.4) is 0 Å². The lowest BCUT2D eigenvalue weighted by atomic mass is 10.1. The second-order valence-corrected chi connectivity index (χ2v) is 4.12. The molecule has 1 aromatic carbocycles. The summed E-state index contributed by atoms with van der Waals surface area (Å²) in [6, 6.07) is 7.27. The molecule has 0 aliphatic carbocycles. The van der Waals surface area contributed by atoms with Crippen LogP contribution in [-0.4, -0.2) is 22.6 Å². The molecule has 0 unspecified atom stereocenters.